The molecule has 1 aromatic heterocycles. The number of aromatic nitrogens is 1. The molecule has 0 aliphatic carbocycles. The van der Waals surface area contributed by atoms with Crippen molar-refractivity contribution in [2.24, 2.45) is 11.8 Å². The van der Waals surface area contributed by atoms with E-state index < -0.39 is 0 Å². The average Bonchev–Trinajstić information content (AvgIpc) is 3.25. The van der Waals surface area contributed by atoms with Crippen molar-refractivity contribution in [1.82, 2.24) is 9.88 Å². The van der Waals surface area contributed by atoms with Crippen molar-refractivity contribution >= 4 is 22.5 Å². The molecule has 0 saturated carbocycles. The number of likely N-dealkylation sites (tertiary alicyclic amines) is 1. The van der Waals surface area contributed by atoms with Crippen LogP contribution >= 0.6 is 0 Å². The van der Waals surface area contributed by atoms with Gasteiger partial charge in [-0.3, -0.25) is 9.78 Å². The lowest BCUT2D eigenvalue weighted by Gasteiger charge is -2.30. The lowest BCUT2D eigenvalue weighted by molar-refractivity contribution is -0.130. The predicted molar refractivity (Wildman–Crippen MR) is 112 cm³/mol. The maximum atomic E-state index is 14.0. The molecule has 1 amide bonds. The molecule has 30 heavy (non-hydrogen) atoms. The zero-order valence-electron chi connectivity index (χ0n) is 17.0. The SMILES string of the molecule is CC(=O)N1C[C@H]2CN(c3cc(C)nc4ccc(F)cc34)C[C@H]2[C@@H]1c1cccc(F)c1. The van der Waals surface area contributed by atoms with Crippen LogP contribution in [0.15, 0.2) is 48.5 Å². The molecule has 6 heteroatoms. The third kappa shape index (κ3) is 3.11. The summed E-state index contributed by atoms with van der Waals surface area (Å²) in [7, 11) is 0. The molecule has 5 rings (SSSR count). The molecular weight excluding hydrogens is 384 g/mol. The number of amides is 1. The third-order valence-corrected chi connectivity index (χ3v) is 6.48. The summed E-state index contributed by atoms with van der Waals surface area (Å²) in [6, 6.07) is 13.1. The smallest absolute Gasteiger partial charge is 0.219 e. The zero-order chi connectivity index (χ0) is 21.0. The standard InChI is InChI=1S/C24H23F2N3O/c1-14-8-23(20-10-19(26)6-7-22(20)27-14)28-11-17-12-29(15(2)30)24(21(17)13-28)16-4-3-5-18(25)9-16/h3-10,17,21,24H,11-13H2,1-2H3/t17-,21-,24+/m1/s1. The average molecular weight is 407 g/mol. The van der Waals surface area contributed by atoms with Gasteiger partial charge in [0.05, 0.1) is 11.6 Å². The topological polar surface area (TPSA) is 36.4 Å². The van der Waals surface area contributed by atoms with Gasteiger partial charge < -0.3 is 9.80 Å². The van der Waals surface area contributed by atoms with Gasteiger partial charge in [0, 0.05) is 55.2 Å². The molecule has 0 bridgehead atoms. The van der Waals surface area contributed by atoms with E-state index in [4.69, 9.17) is 0 Å². The van der Waals surface area contributed by atoms with Crippen LogP contribution in [0.3, 0.4) is 0 Å². The number of fused-ring (bicyclic) bond motifs is 2. The lowest BCUT2D eigenvalue weighted by Crippen LogP contribution is -2.34. The van der Waals surface area contributed by atoms with Crippen LogP contribution in [0.5, 0.6) is 0 Å². The summed E-state index contributed by atoms with van der Waals surface area (Å²) in [5, 5.41) is 0.798. The highest BCUT2D eigenvalue weighted by Crippen LogP contribution is 2.46. The van der Waals surface area contributed by atoms with E-state index in [2.05, 4.69) is 9.88 Å². The van der Waals surface area contributed by atoms with Gasteiger partial charge in [-0.1, -0.05) is 12.1 Å². The van der Waals surface area contributed by atoms with Crippen LogP contribution in [0.25, 0.3) is 10.9 Å². The van der Waals surface area contributed by atoms with E-state index in [1.807, 2.05) is 24.0 Å². The molecule has 2 aliphatic heterocycles. The van der Waals surface area contributed by atoms with Crippen molar-refractivity contribution in [2.45, 2.75) is 19.9 Å². The van der Waals surface area contributed by atoms with Gasteiger partial charge in [0.1, 0.15) is 11.6 Å². The number of halogens is 2. The van der Waals surface area contributed by atoms with E-state index in [-0.39, 0.29) is 35.4 Å². The van der Waals surface area contributed by atoms with Crippen LogP contribution in [0.4, 0.5) is 14.5 Å². The van der Waals surface area contributed by atoms with Gasteiger partial charge in [0.25, 0.3) is 0 Å². The number of carbonyl (C=O) groups excluding carboxylic acids is 1. The van der Waals surface area contributed by atoms with Gasteiger partial charge in [-0.2, -0.15) is 0 Å². The van der Waals surface area contributed by atoms with E-state index in [0.717, 1.165) is 40.9 Å². The molecular formula is C24H23F2N3O. The van der Waals surface area contributed by atoms with Crippen molar-refractivity contribution in [3.63, 3.8) is 0 Å². The quantitative estimate of drug-likeness (QED) is 0.629. The van der Waals surface area contributed by atoms with E-state index in [1.54, 1.807) is 19.1 Å². The molecule has 2 aromatic carbocycles. The Morgan fingerprint density at radius 1 is 1.03 bits per heavy atom. The summed E-state index contributed by atoms with van der Waals surface area (Å²) < 4.78 is 27.9. The largest absolute Gasteiger partial charge is 0.370 e. The molecule has 3 atom stereocenters. The van der Waals surface area contributed by atoms with Crippen LogP contribution < -0.4 is 4.90 Å². The maximum absolute atomic E-state index is 14.0. The van der Waals surface area contributed by atoms with Gasteiger partial charge in [-0.25, -0.2) is 8.78 Å². The van der Waals surface area contributed by atoms with Gasteiger partial charge in [-0.15, -0.1) is 0 Å². The van der Waals surface area contributed by atoms with Crippen LogP contribution in [0.2, 0.25) is 0 Å². The summed E-state index contributed by atoms with van der Waals surface area (Å²) in [5.41, 5.74) is 3.46. The molecule has 2 fully saturated rings. The van der Waals surface area contributed by atoms with Crippen LogP contribution in [-0.2, 0) is 4.79 Å². The second kappa shape index (κ2) is 7.04. The fraction of sp³-hybridized carbons (Fsp3) is 0.333. The first-order chi connectivity index (χ1) is 14.4. The predicted octanol–water partition coefficient (Wildman–Crippen LogP) is 4.48. The molecule has 154 valence electrons. The monoisotopic (exact) mass is 407 g/mol. The summed E-state index contributed by atoms with van der Waals surface area (Å²) in [5.74, 6) is -0.0979. The molecule has 0 N–H and O–H groups in total. The highest BCUT2D eigenvalue weighted by molar-refractivity contribution is 5.92. The summed E-state index contributed by atoms with van der Waals surface area (Å²) >= 11 is 0. The Kier molecular flexibility index (Phi) is 4.45. The maximum Gasteiger partial charge on any atom is 0.219 e. The number of nitrogens with zero attached hydrogens (tertiary/aromatic N) is 3. The Labute approximate surface area is 174 Å². The van der Waals surface area contributed by atoms with E-state index in [0.29, 0.717) is 6.54 Å². The molecule has 0 unspecified atom stereocenters. The summed E-state index contributed by atoms with van der Waals surface area (Å²) in [6.45, 7) is 5.66. The van der Waals surface area contributed by atoms with Crippen LogP contribution in [-0.4, -0.2) is 35.4 Å². The Morgan fingerprint density at radius 3 is 2.60 bits per heavy atom. The fourth-order valence-electron chi connectivity index (χ4n) is 5.25. The molecule has 2 aliphatic rings. The molecule has 0 radical (unpaired) electrons. The minimum atomic E-state index is -0.291. The second-order valence-corrected chi connectivity index (χ2v) is 8.44. The number of aryl methyl sites for hydroxylation is 1. The zero-order valence-corrected chi connectivity index (χ0v) is 17.0. The van der Waals surface area contributed by atoms with E-state index in [1.165, 1.54) is 24.3 Å². The Hall–Kier alpha value is -3.02. The molecule has 0 spiro atoms. The third-order valence-electron chi connectivity index (χ3n) is 6.48. The van der Waals surface area contributed by atoms with Gasteiger partial charge in [0.2, 0.25) is 5.91 Å². The van der Waals surface area contributed by atoms with Crippen LogP contribution in [0, 0.1) is 30.4 Å². The summed E-state index contributed by atoms with van der Waals surface area (Å²) in [6.07, 6.45) is 0. The fourth-order valence-corrected chi connectivity index (χ4v) is 5.25. The highest BCUT2D eigenvalue weighted by Gasteiger charge is 2.48. The van der Waals surface area contributed by atoms with E-state index in [9.17, 15) is 13.6 Å². The molecule has 3 heterocycles. The van der Waals surface area contributed by atoms with Crippen molar-refractivity contribution in [1.29, 1.82) is 0 Å². The molecule has 2 saturated heterocycles. The number of hydrogen-bond donors (Lipinski definition) is 0. The molecule has 3 aromatic rings. The van der Waals surface area contributed by atoms with Gasteiger partial charge in [0.15, 0.2) is 0 Å². The summed E-state index contributed by atoms with van der Waals surface area (Å²) in [4.78, 5) is 21.0. The minimum absolute atomic E-state index is 0.0116. The number of pyridine rings is 1. The number of hydrogen-bond acceptors (Lipinski definition) is 3. The highest BCUT2D eigenvalue weighted by atomic mass is 19.1. The Bertz CT molecular complexity index is 1150. The Morgan fingerprint density at radius 2 is 1.83 bits per heavy atom. The van der Waals surface area contributed by atoms with Gasteiger partial charge >= 0.3 is 0 Å². The second-order valence-electron chi connectivity index (χ2n) is 8.44. The number of rotatable bonds is 2. The van der Waals surface area contributed by atoms with Crippen molar-refractivity contribution < 1.29 is 13.6 Å². The first-order valence-electron chi connectivity index (χ1n) is 10.3. The molecule has 4 nitrogen and oxygen atoms in total. The first-order valence-corrected chi connectivity index (χ1v) is 10.3. The normalized spacial score (nSPS) is 23.3. The Balaban J connectivity index is 1.53. The van der Waals surface area contributed by atoms with Crippen molar-refractivity contribution in [3.05, 3.63) is 71.4 Å². The van der Waals surface area contributed by atoms with Gasteiger partial charge in [-0.05, 0) is 48.9 Å². The lowest BCUT2D eigenvalue weighted by atomic mass is 9.89. The van der Waals surface area contributed by atoms with E-state index >= 15 is 0 Å². The number of carbonyl (C=O) groups is 1. The number of benzene rings is 2. The number of anilines is 1. The first kappa shape index (κ1) is 19.0. The van der Waals surface area contributed by atoms with Crippen molar-refractivity contribution in [2.75, 3.05) is 24.5 Å². The van der Waals surface area contributed by atoms with Crippen molar-refractivity contribution in [3.8, 4) is 0 Å². The van der Waals surface area contributed by atoms with Crippen LogP contribution in [0.1, 0.15) is 24.2 Å². The minimum Gasteiger partial charge on any atom is -0.370 e.